The fraction of sp³-hybridized carbons (Fsp3) is 0.231. The van der Waals surface area contributed by atoms with Crippen molar-refractivity contribution in [2.75, 3.05) is 7.11 Å². The largest absolute Gasteiger partial charge is 0.469 e. The van der Waals surface area contributed by atoms with Crippen LogP contribution in [0.15, 0.2) is 24.3 Å². The summed E-state index contributed by atoms with van der Waals surface area (Å²) >= 11 is 0. The molecule has 1 amide bonds. The molecule has 0 aromatic heterocycles. The highest BCUT2D eigenvalue weighted by molar-refractivity contribution is 5.76. The number of amides is 1. The molecule has 0 aliphatic carbocycles. The molecule has 1 rings (SSSR count). The van der Waals surface area contributed by atoms with Crippen LogP contribution in [0.3, 0.4) is 0 Å². The van der Waals surface area contributed by atoms with Crippen LogP contribution in [0, 0.1) is 11.8 Å². The fourth-order valence-corrected chi connectivity index (χ4v) is 1.23. The van der Waals surface area contributed by atoms with Gasteiger partial charge in [-0.15, -0.1) is 0 Å². The van der Waals surface area contributed by atoms with Crippen molar-refractivity contribution in [3.05, 3.63) is 35.4 Å². The van der Waals surface area contributed by atoms with Crippen LogP contribution in [0.2, 0.25) is 0 Å². The Morgan fingerprint density at radius 1 is 1.41 bits per heavy atom. The molecule has 4 nitrogen and oxygen atoms in total. The minimum absolute atomic E-state index is 0.0290. The van der Waals surface area contributed by atoms with Gasteiger partial charge in [0.05, 0.1) is 20.0 Å². The lowest BCUT2D eigenvalue weighted by atomic mass is 10.1. The van der Waals surface area contributed by atoms with E-state index in [4.69, 9.17) is 5.73 Å². The summed E-state index contributed by atoms with van der Waals surface area (Å²) in [5.74, 6) is 4.71. The van der Waals surface area contributed by atoms with Crippen LogP contribution in [-0.2, 0) is 20.7 Å². The first-order valence-corrected chi connectivity index (χ1v) is 5.04. The number of carbonyl (C=O) groups is 2. The van der Waals surface area contributed by atoms with Gasteiger partial charge in [-0.1, -0.05) is 24.0 Å². The van der Waals surface area contributed by atoms with Crippen LogP contribution < -0.4 is 5.73 Å². The van der Waals surface area contributed by atoms with Gasteiger partial charge in [0.25, 0.3) is 0 Å². The van der Waals surface area contributed by atoms with Gasteiger partial charge < -0.3 is 10.5 Å². The van der Waals surface area contributed by atoms with Crippen LogP contribution in [0.4, 0.5) is 0 Å². The number of primary amides is 1. The van der Waals surface area contributed by atoms with E-state index >= 15 is 0 Å². The van der Waals surface area contributed by atoms with E-state index < -0.39 is 5.91 Å². The zero-order chi connectivity index (χ0) is 12.7. The van der Waals surface area contributed by atoms with Crippen LogP contribution in [0.25, 0.3) is 0 Å². The Hall–Kier alpha value is -2.28. The van der Waals surface area contributed by atoms with Gasteiger partial charge in [0, 0.05) is 5.56 Å². The molecule has 0 aliphatic heterocycles. The van der Waals surface area contributed by atoms with Crippen molar-refractivity contribution in [3.63, 3.8) is 0 Å². The lowest BCUT2D eigenvalue weighted by Gasteiger charge is -2.00. The molecular formula is C13H13NO3. The third kappa shape index (κ3) is 4.85. The molecule has 0 saturated heterocycles. The SMILES string of the molecule is COC(=O)Cc1cccc(C#CCC(N)=O)c1. The number of hydrogen-bond acceptors (Lipinski definition) is 3. The quantitative estimate of drug-likeness (QED) is 0.612. The average Bonchev–Trinajstić information content (AvgIpc) is 2.29. The van der Waals surface area contributed by atoms with Crippen LogP contribution in [0.1, 0.15) is 17.5 Å². The number of rotatable bonds is 3. The first-order chi connectivity index (χ1) is 8.11. The summed E-state index contributed by atoms with van der Waals surface area (Å²) in [5.41, 5.74) is 6.53. The molecule has 0 unspecified atom stereocenters. The maximum Gasteiger partial charge on any atom is 0.309 e. The number of esters is 1. The predicted octanol–water partition coefficient (Wildman–Crippen LogP) is 0.629. The summed E-state index contributed by atoms with van der Waals surface area (Å²) < 4.78 is 4.57. The van der Waals surface area contributed by atoms with Gasteiger partial charge in [-0.05, 0) is 17.7 Å². The molecule has 1 aromatic rings. The van der Waals surface area contributed by atoms with Crippen LogP contribution in [-0.4, -0.2) is 19.0 Å². The van der Waals surface area contributed by atoms with Crippen molar-refractivity contribution in [1.82, 2.24) is 0 Å². The van der Waals surface area contributed by atoms with E-state index in [-0.39, 0.29) is 18.8 Å². The first kappa shape index (κ1) is 12.8. The molecule has 0 aliphatic rings. The van der Waals surface area contributed by atoms with Gasteiger partial charge in [0.1, 0.15) is 0 Å². The second kappa shape index (κ2) is 6.33. The summed E-state index contributed by atoms with van der Waals surface area (Å²) in [6, 6.07) is 7.20. The number of hydrogen-bond donors (Lipinski definition) is 1. The molecule has 4 heteroatoms. The van der Waals surface area contributed by atoms with Crippen molar-refractivity contribution in [3.8, 4) is 11.8 Å². The van der Waals surface area contributed by atoms with Gasteiger partial charge in [0.15, 0.2) is 0 Å². The van der Waals surface area contributed by atoms with Crippen molar-refractivity contribution < 1.29 is 14.3 Å². The lowest BCUT2D eigenvalue weighted by Crippen LogP contribution is -2.08. The number of ether oxygens (including phenoxy) is 1. The maximum absolute atomic E-state index is 11.1. The summed E-state index contributed by atoms with van der Waals surface area (Å²) in [5, 5.41) is 0. The zero-order valence-corrected chi connectivity index (χ0v) is 9.53. The Morgan fingerprint density at radius 3 is 2.82 bits per heavy atom. The normalized spacial score (nSPS) is 9.00. The molecule has 0 spiro atoms. The zero-order valence-electron chi connectivity index (χ0n) is 9.53. The molecule has 0 bridgehead atoms. The van der Waals surface area contributed by atoms with Crippen molar-refractivity contribution in [2.24, 2.45) is 5.73 Å². The monoisotopic (exact) mass is 231 g/mol. The maximum atomic E-state index is 11.1. The third-order valence-corrected chi connectivity index (χ3v) is 2.00. The van der Waals surface area contributed by atoms with Crippen LogP contribution >= 0.6 is 0 Å². The minimum Gasteiger partial charge on any atom is -0.469 e. The highest BCUT2D eigenvalue weighted by Crippen LogP contribution is 2.05. The van der Waals surface area contributed by atoms with E-state index in [1.165, 1.54) is 7.11 Å². The van der Waals surface area contributed by atoms with Crippen molar-refractivity contribution >= 4 is 11.9 Å². The second-order valence-electron chi connectivity index (χ2n) is 3.40. The minimum atomic E-state index is -0.455. The predicted molar refractivity (Wildman–Crippen MR) is 62.9 cm³/mol. The fourth-order valence-electron chi connectivity index (χ4n) is 1.23. The van der Waals surface area contributed by atoms with E-state index in [0.717, 1.165) is 11.1 Å². The molecule has 0 fully saturated rings. The van der Waals surface area contributed by atoms with Gasteiger partial charge in [-0.2, -0.15) is 0 Å². The van der Waals surface area contributed by atoms with Gasteiger partial charge in [-0.3, -0.25) is 9.59 Å². The summed E-state index contributed by atoms with van der Waals surface area (Å²) in [4.78, 5) is 21.6. The Bertz CT molecular complexity index is 483. The van der Waals surface area contributed by atoms with E-state index in [9.17, 15) is 9.59 Å². The lowest BCUT2D eigenvalue weighted by molar-refractivity contribution is -0.139. The van der Waals surface area contributed by atoms with E-state index in [0.29, 0.717) is 0 Å². The first-order valence-electron chi connectivity index (χ1n) is 5.04. The molecule has 2 N–H and O–H groups in total. The number of methoxy groups -OCH3 is 1. The Kier molecular flexibility index (Phi) is 4.77. The molecule has 0 saturated carbocycles. The van der Waals surface area contributed by atoms with E-state index in [2.05, 4.69) is 16.6 Å². The van der Waals surface area contributed by atoms with Crippen molar-refractivity contribution in [1.29, 1.82) is 0 Å². The summed E-state index contributed by atoms with van der Waals surface area (Å²) in [6.07, 6.45) is 0.239. The second-order valence-corrected chi connectivity index (χ2v) is 3.40. The molecular weight excluding hydrogens is 218 g/mol. The standard InChI is InChI=1S/C13H13NO3/c1-17-13(16)9-11-6-2-4-10(8-11)5-3-7-12(14)15/h2,4,6,8H,7,9H2,1H3,(H2,14,15). The van der Waals surface area contributed by atoms with Gasteiger partial charge >= 0.3 is 5.97 Å². The van der Waals surface area contributed by atoms with Gasteiger partial charge in [-0.25, -0.2) is 0 Å². The highest BCUT2D eigenvalue weighted by Gasteiger charge is 2.02. The number of benzene rings is 1. The van der Waals surface area contributed by atoms with E-state index in [1.54, 1.807) is 18.2 Å². The van der Waals surface area contributed by atoms with Gasteiger partial charge in [0.2, 0.25) is 5.91 Å². The molecule has 88 valence electrons. The topological polar surface area (TPSA) is 69.4 Å². The Labute approximate surface area is 99.8 Å². The smallest absolute Gasteiger partial charge is 0.309 e. The Morgan fingerprint density at radius 2 is 2.18 bits per heavy atom. The van der Waals surface area contributed by atoms with Crippen LogP contribution in [0.5, 0.6) is 0 Å². The molecule has 17 heavy (non-hydrogen) atoms. The average molecular weight is 231 g/mol. The molecule has 0 heterocycles. The van der Waals surface area contributed by atoms with E-state index in [1.807, 2.05) is 6.07 Å². The Balaban J connectivity index is 2.74. The highest BCUT2D eigenvalue weighted by atomic mass is 16.5. The number of nitrogens with two attached hydrogens (primary N) is 1. The number of carbonyl (C=O) groups excluding carboxylic acids is 2. The van der Waals surface area contributed by atoms with Crippen molar-refractivity contribution in [2.45, 2.75) is 12.8 Å². The molecule has 0 atom stereocenters. The summed E-state index contributed by atoms with van der Waals surface area (Å²) in [6.45, 7) is 0. The molecule has 0 radical (unpaired) electrons. The summed E-state index contributed by atoms with van der Waals surface area (Å²) in [7, 11) is 1.35. The third-order valence-electron chi connectivity index (χ3n) is 2.00. The molecule has 1 aromatic carbocycles.